The highest BCUT2D eigenvalue weighted by Crippen LogP contribution is 2.44. The van der Waals surface area contributed by atoms with Crippen molar-refractivity contribution in [3.05, 3.63) is 35.5 Å². The summed E-state index contributed by atoms with van der Waals surface area (Å²) in [7, 11) is 2.25. The van der Waals surface area contributed by atoms with E-state index in [1.165, 1.54) is 30.3 Å². The predicted octanol–water partition coefficient (Wildman–Crippen LogP) is 3.69. The minimum atomic E-state index is 0.706. The molecule has 0 radical (unpaired) electrons. The Bertz CT molecular complexity index is 586. The molecule has 2 N–H and O–H groups in total. The van der Waals surface area contributed by atoms with Gasteiger partial charge in [0.1, 0.15) is 0 Å². The summed E-state index contributed by atoms with van der Waals surface area (Å²) < 4.78 is 0. The molecule has 0 amide bonds. The molecule has 1 aliphatic carbocycles. The van der Waals surface area contributed by atoms with Crippen molar-refractivity contribution in [2.45, 2.75) is 39.2 Å². The maximum atomic E-state index is 7.65. The summed E-state index contributed by atoms with van der Waals surface area (Å²) in [5.41, 5.74) is 4.89. The van der Waals surface area contributed by atoms with E-state index in [-0.39, 0.29) is 0 Å². The zero-order chi connectivity index (χ0) is 15.7. The first-order chi connectivity index (χ1) is 10.7. The van der Waals surface area contributed by atoms with Crippen LogP contribution >= 0.6 is 0 Å². The second-order valence-corrected chi connectivity index (χ2v) is 6.77. The summed E-state index contributed by atoms with van der Waals surface area (Å²) in [6.07, 6.45) is 7.33. The molecule has 0 aromatic heterocycles. The van der Waals surface area contributed by atoms with Crippen LogP contribution < -0.4 is 10.2 Å². The molecule has 1 heterocycles. The third-order valence-electron chi connectivity index (χ3n) is 5.09. The Morgan fingerprint density at radius 2 is 2.18 bits per heavy atom. The van der Waals surface area contributed by atoms with Crippen molar-refractivity contribution in [3.8, 4) is 0 Å². The largest absolute Gasteiger partial charge is 0.391 e. The quantitative estimate of drug-likeness (QED) is 0.814. The molecule has 1 aromatic rings. The Balaban J connectivity index is 1.91. The molecule has 2 atom stereocenters. The van der Waals surface area contributed by atoms with Gasteiger partial charge in [0.2, 0.25) is 0 Å². The lowest BCUT2D eigenvalue weighted by Crippen LogP contribution is -2.43. The maximum absolute atomic E-state index is 7.65. The summed E-state index contributed by atoms with van der Waals surface area (Å²) in [5, 5.41) is 10.8. The number of rotatable bonds is 5. The summed E-state index contributed by atoms with van der Waals surface area (Å²) in [5.74, 6) is 1.61. The lowest BCUT2D eigenvalue weighted by Gasteiger charge is -2.41. The van der Waals surface area contributed by atoms with Crippen molar-refractivity contribution in [2.75, 3.05) is 18.5 Å². The van der Waals surface area contributed by atoms with Crippen LogP contribution in [0.3, 0.4) is 0 Å². The van der Waals surface area contributed by atoms with E-state index >= 15 is 0 Å². The smallest absolute Gasteiger partial charge is 0.0399 e. The van der Waals surface area contributed by atoms with Crippen LogP contribution in [0.2, 0.25) is 0 Å². The zero-order valence-electron chi connectivity index (χ0n) is 13.9. The fraction of sp³-hybridized carbons (Fsp3) is 0.526. The van der Waals surface area contributed by atoms with Crippen molar-refractivity contribution in [2.24, 2.45) is 11.8 Å². The Hall–Kier alpha value is -1.77. The maximum Gasteiger partial charge on any atom is 0.0399 e. The Labute approximate surface area is 133 Å². The molecule has 1 saturated carbocycles. The molecule has 2 aliphatic rings. The molecule has 0 saturated heterocycles. The van der Waals surface area contributed by atoms with Crippen molar-refractivity contribution in [1.29, 1.82) is 5.41 Å². The summed E-state index contributed by atoms with van der Waals surface area (Å²) in [4.78, 5) is 2.50. The van der Waals surface area contributed by atoms with Gasteiger partial charge in [0, 0.05) is 43.3 Å². The normalized spacial score (nSPS) is 24.9. The second-order valence-electron chi connectivity index (χ2n) is 6.77. The first kappa shape index (κ1) is 15.1. The molecule has 3 rings (SSSR count). The standard InChI is InChI=1S/C19H27N3/c1-4-21-12-17(11-20)15-7-8-18-16(10-15)9-13(2)19(22(18)3)14-5-6-14/h7-8,10-14,19-21H,4-6,9H2,1-3H3/b17-12+,20-11?/t13?,19-/m1/s1. The molecule has 3 nitrogen and oxygen atoms in total. The summed E-state index contributed by atoms with van der Waals surface area (Å²) in [6.45, 7) is 5.34. The first-order valence-corrected chi connectivity index (χ1v) is 8.45. The van der Waals surface area contributed by atoms with Crippen molar-refractivity contribution < 1.29 is 0 Å². The number of nitrogens with one attached hydrogen (secondary N) is 2. The van der Waals surface area contributed by atoms with E-state index < -0.39 is 0 Å². The third kappa shape index (κ3) is 2.77. The summed E-state index contributed by atoms with van der Waals surface area (Å²) >= 11 is 0. The van der Waals surface area contributed by atoms with Crippen LogP contribution in [0.1, 0.15) is 37.8 Å². The van der Waals surface area contributed by atoms with Crippen LogP contribution in [-0.2, 0) is 6.42 Å². The van der Waals surface area contributed by atoms with Gasteiger partial charge in [-0.3, -0.25) is 0 Å². The highest BCUT2D eigenvalue weighted by atomic mass is 15.2. The minimum absolute atomic E-state index is 0.706. The highest BCUT2D eigenvalue weighted by Gasteiger charge is 2.40. The van der Waals surface area contributed by atoms with Crippen molar-refractivity contribution >= 4 is 17.5 Å². The first-order valence-electron chi connectivity index (χ1n) is 8.45. The predicted molar refractivity (Wildman–Crippen MR) is 94.7 cm³/mol. The van der Waals surface area contributed by atoms with Gasteiger partial charge in [-0.25, -0.2) is 0 Å². The van der Waals surface area contributed by atoms with Gasteiger partial charge >= 0.3 is 0 Å². The van der Waals surface area contributed by atoms with Gasteiger partial charge in [-0.1, -0.05) is 13.0 Å². The molecule has 22 heavy (non-hydrogen) atoms. The topological polar surface area (TPSA) is 39.1 Å². The molecule has 1 aliphatic heterocycles. The third-order valence-corrected chi connectivity index (χ3v) is 5.09. The zero-order valence-corrected chi connectivity index (χ0v) is 13.9. The van der Waals surface area contributed by atoms with Crippen molar-refractivity contribution in [1.82, 2.24) is 5.32 Å². The van der Waals surface area contributed by atoms with Crippen molar-refractivity contribution in [3.63, 3.8) is 0 Å². The molecule has 1 fully saturated rings. The van der Waals surface area contributed by atoms with Crippen LogP contribution in [0.4, 0.5) is 5.69 Å². The number of anilines is 1. The van der Waals surface area contributed by atoms with E-state index in [9.17, 15) is 0 Å². The fourth-order valence-corrected chi connectivity index (χ4v) is 3.92. The van der Waals surface area contributed by atoms with Gasteiger partial charge in [-0.2, -0.15) is 0 Å². The van der Waals surface area contributed by atoms with Crippen LogP contribution in [0, 0.1) is 17.2 Å². The monoisotopic (exact) mass is 297 g/mol. The number of benzene rings is 1. The highest BCUT2D eigenvalue weighted by molar-refractivity contribution is 6.08. The van der Waals surface area contributed by atoms with Gasteiger partial charge in [-0.05, 0) is 61.3 Å². The van der Waals surface area contributed by atoms with E-state index in [1.807, 2.05) is 6.20 Å². The Morgan fingerprint density at radius 1 is 1.41 bits per heavy atom. The second kappa shape index (κ2) is 6.15. The van der Waals surface area contributed by atoms with Crippen LogP contribution in [0.5, 0.6) is 0 Å². The molecule has 118 valence electrons. The van der Waals surface area contributed by atoms with Gasteiger partial charge < -0.3 is 15.6 Å². The molecular weight excluding hydrogens is 270 g/mol. The number of fused-ring (bicyclic) bond motifs is 1. The van der Waals surface area contributed by atoms with E-state index in [1.54, 1.807) is 0 Å². The molecule has 1 aromatic carbocycles. The lowest BCUT2D eigenvalue weighted by atomic mass is 9.84. The molecule has 0 bridgehead atoms. The van der Waals surface area contributed by atoms with E-state index in [0.717, 1.165) is 30.0 Å². The van der Waals surface area contributed by atoms with Gasteiger partial charge in [0.05, 0.1) is 0 Å². The van der Waals surface area contributed by atoms with Crippen LogP contribution in [0.15, 0.2) is 24.4 Å². The lowest BCUT2D eigenvalue weighted by molar-refractivity contribution is 0.381. The average Bonchev–Trinajstić information content (AvgIpc) is 3.32. The SMILES string of the molecule is CCN/C=C(\C=N)c1ccc2c(c1)CC(C)[C@H](C1CC1)N2C. The molecular formula is C19H27N3. The Kier molecular flexibility index (Phi) is 4.23. The van der Waals surface area contributed by atoms with Crippen LogP contribution in [-0.4, -0.2) is 25.8 Å². The average molecular weight is 297 g/mol. The number of hydrogen-bond donors (Lipinski definition) is 2. The number of nitrogens with zero attached hydrogens (tertiary/aromatic N) is 1. The van der Waals surface area contributed by atoms with Gasteiger partial charge in [0.25, 0.3) is 0 Å². The van der Waals surface area contributed by atoms with Gasteiger partial charge in [0.15, 0.2) is 0 Å². The minimum Gasteiger partial charge on any atom is -0.391 e. The van der Waals surface area contributed by atoms with E-state index in [2.05, 4.69) is 49.3 Å². The van der Waals surface area contributed by atoms with E-state index in [4.69, 9.17) is 5.41 Å². The molecule has 0 spiro atoms. The van der Waals surface area contributed by atoms with Crippen LogP contribution in [0.25, 0.3) is 5.57 Å². The molecule has 1 unspecified atom stereocenters. The Morgan fingerprint density at radius 3 is 2.82 bits per heavy atom. The number of allylic oxidation sites excluding steroid dienone is 1. The fourth-order valence-electron chi connectivity index (χ4n) is 3.92. The van der Waals surface area contributed by atoms with E-state index in [0.29, 0.717) is 12.0 Å². The molecule has 3 heteroatoms. The summed E-state index contributed by atoms with van der Waals surface area (Å²) in [6, 6.07) is 7.39. The number of hydrogen-bond acceptors (Lipinski definition) is 3. The van der Waals surface area contributed by atoms with Gasteiger partial charge in [-0.15, -0.1) is 0 Å².